The van der Waals surface area contributed by atoms with Gasteiger partial charge in [-0.05, 0) is 43.5 Å². The van der Waals surface area contributed by atoms with E-state index in [1.165, 1.54) is 22.0 Å². The molecule has 25 heavy (non-hydrogen) atoms. The number of nitrogens with zero attached hydrogens (tertiary/aromatic N) is 1. The highest BCUT2D eigenvalue weighted by atomic mass is 16.5. The van der Waals surface area contributed by atoms with Gasteiger partial charge in [-0.2, -0.15) is 0 Å². The quantitative estimate of drug-likeness (QED) is 0.863. The van der Waals surface area contributed by atoms with E-state index in [0.29, 0.717) is 24.5 Å². The molecule has 1 aromatic heterocycles. The van der Waals surface area contributed by atoms with Crippen LogP contribution in [0.3, 0.4) is 0 Å². The van der Waals surface area contributed by atoms with E-state index in [1.807, 2.05) is 13.8 Å². The van der Waals surface area contributed by atoms with E-state index in [9.17, 15) is 4.79 Å². The van der Waals surface area contributed by atoms with Crippen molar-refractivity contribution in [2.24, 2.45) is 11.8 Å². The summed E-state index contributed by atoms with van der Waals surface area (Å²) in [5.41, 5.74) is 4.16. The maximum absolute atomic E-state index is 12.0. The Bertz CT molecular complexity index is 781. The van der Waals surface area contributed by atoms with Gasteiger partial charge in [-0.25, -0.2) is 0 Å². The summed E-state index contributed by atoms with van der Waals surface area (Å²) < 4.78 is 5.62. The zero-order valence-electron chi connectivity index (χ0n) is 15.4. The molecular weight excluding hydrogens is 312 g/mol. The Morgan fingerprint density at radius 2 is 2.28 bits per heavy atom. The minimum Gasteiger partial charge on any atom is -0.465 e. The average molecular weight is 340 g/mol. The van der Waals surface area contributed by atoms with Crippen LogP contribution < -0.4 is 0 Å². The van der Waals surface area contributed by atoms with E-state index in [4.69, 9.17) is 4.74 Å². The predicted octanol–water partition coefficient (Wildman–Crippen LogP) is 3.72. The van der Waals surface area contributed by atoms with Gasteiger partial charge < -0.3 is 14.6 Å². The number of aromatic amines is 1. The molecule has 1 aromatic carbocycles. The van der Waals surface area contributed by atoms with E-state index in [1.54, 1.807) is 0 Å². The Labute approximate surface area is 149 Å². The van der Waals surface area contributed by atoms with Crippen molar-refractivity contribution in [3.8, 4) is 0 Å². The lowest BCUT2D eigenvalue weighted by Crippen LogP contribution is -2.48. The first-order chi connectivity index (χ1) is 12.1. The summed E-state index contributed by atoms with van der Waals surface area (Å²) in [6, 6.07) is 7.17. The van der Waals surface area contributed by atoms with Gasteiger partial charge in [0.25, 0.3) is 0 Å². The largest absolute Gasteiger partial charge is 0.465 e. The molecule has 4 rings (SSSR count). The number of fused-ring (bicyclic) bond motifs is 2. The van der Waals surface area contributed by atoms with Gasteiger partial charge >= 0.3 is 5.97 Å². The van der Waals surface area contributed by atoms with E-state index in [-0.39, 0.29) is 11.9 Å². The molecule has 134 valence electrons. The molecular formula is C21H28N2O2. The number of rotatable bonds is 4. The third-order valence-corrected chi connectivity index (χ3v) is 6.29. The molecule has 0 bridgehead atoms. The minimum absolute atomic E-state index is 0.0000819. The monoisotopic (exact) mass is 340 g/mol. The first-order valence-electron chi connectivity index (χ1n) is 9.54. The number of likely N-dealkylation sites (N-methyl/N-ethyl adjacent to an activating group) is 1. The second-order valence-corrected chi connectivity index (χ2v) is 7.94. The molecule has 1 fully saturated rings. The molecule has 0 radical (unpaired) electrons. The Hall–Kier alpha value is -1.81. The predicted molar refractivity (Wildman–Crippen MR) is 99.7 cm³/mol. The van der Waals surface area contributed by atoms with Crippen LogP contribution in [0.4, 0.5) is 0 Å². The van der Waals surface area contributed by atoms with Crippen LogP contribution in [0.1, 0.15) is 43.7 Å². The molecule has 2 aliphatic rings. The van der Waals surface area contributed by atoms with E-state index in [0.717, 1.165) is 25.8 Å². The number of piperidine rings is 1. The molecule has 2 aromatic rings. The SMILES string of the molecule is CC[C@@H](C)C(=O)OC[C@@H]1C[C@@H]2c3cccc4[nH]cc(c34)C[C@H]2N(C)C1. The average Bonchev–Trinajstić information content (AvgIpc) is 3.04. The fourth-order valence-electron chi connectivity index (χ4n) is 4.68. The normalized spacial score (nSPS) is 27.1. The topological polar surface area (TPSA) is 45.3 Å². The van der Waals surface area contributed by atoms with Gasteiger partial charge in [0.2, 0.25) is 0 Å². The Balaban J connectivity index is 1.54. The number of carbonyl (C=O) groups excluding carboxylic acids is 1. The third-order valence-electron chi connectivity index (χ3n) is 6.29. The van der Waals surface area contributed by atoms with Crippen molar-refractivity contribution < 1.29 is 9.53 Å². The van der Waals surface area contributed by atoms with Gasteiger partial charge in [-0.3, -0.25) is 4.79 Å². The lowest BCUT2D eigenvalue weighted by molar-refractivity contribution is -0.150. The first kappa shape index (κ1) is 16.6. The van der Waals surface area contributed by atoms with Crippen molar-refractivity contribution in [1.82, 2.24) is 9.88 Å². The third kappa shape index (κ3) is 2.86. The number of likely N-dealkylation sites (tertiary alicyclic amines) is 1. The summed E-state index contributed by atoms with van der Waals surface area (Å²) in [6.07, 6.45) is 5.23. The van der Waals surface area contributed by atoms with Crippen LogP contribution in [0.2, 0.25) is 0 Å². The van der Waals surface area contributed by atoms with Gasteiger partial charge in [0.05, 0.1) is 12.5 Å². The highest BCUT2D eigenvalue weighted by molar-refractivity contribution is 5.88. The summed E-state index contributed by atoms with van der Waals surface area (Å²) in [5.74, 6) is 0.888. The van der Waals surface area contributed by atoms with Gasteiger partial charge in [0.15, 0.2) is 0 Å². The molecule has 0 spiro atoms. The molecule has 2 heterocycles. The van der Waals surface area contributed by atoms with Crippen LogP contribution in [-0.2, 0) is 16.0 Å². The second kappa shape index (κ2) is 6.49. The number of carbonyl (C=O) groups is 1. The number of hydrogen-bond donors (Lipinski definition) is 1. The van der Waals surface area contributed by atoms with E-state index >= 15 is 0 Å². The summed E-state index contributed by atoms with van der Waals surface area (Å²) >= 11 is 0. The van der Waals surface area contributed by atoms with Gasteiger partial charge in [-0.15, -0.1) is 0 Å². The Kier molecular flexibility index (Phi) is 4.32. The summed E-state index contributed by atoms with van der Waals surface area (Å²) in [4.78, 5) is 17.9. The van der Waals surface area contributed by atoms with Gasteiger partial charge in [-0.1, -0.05) is 26.0 Å². The summed E-state index contributed by atoms with van der Waals surface area (Å²) in [7, 11) is 2.22. The molecule has 1 saturated heterocycles. The van der Waals surface area contributed by atoms with Crippen LogP contribution in [0.25, 0.3) is 10.9 Å². The van der Waals surface area contributed by atoms with Crippen molar-refractivity contribution in [2.75, 3.05) is 20.2 Å². The molecule has 1 aliphatic heterocycles. The lowest BCUT2D eigenvalue weighted by Gasteiger charge is -2.45. The zero-order chi connectivity index (χ0) is 17.6. The molecule has 4 heteroatoms. The van der Waals surface area contributed by atoms with Crippen LogP contribution in [0.5, 0.6) is 0 Å². The molecule has 4 atom stereocenters. The fourth-order valence-corrected chi connectivity index (χ4v) is 4.68. The van der Waals surface area contributed by atoms with Gasteiger partial charge in [0.1, 0.15) is 0 Å². The molecule has 0 amide bonds. The smallest absolute Gasteiger partial charge is 0.308 e. The van der Waals surface area contributed by atoms with Crippen molar-refractivity contribution >= 4 is 16.9 Å². The van der Waals surface area contributed by atoms with E-state index < -0.39 is 0 Å². The highest BCUT2D eigenvalue weighted by Gasteiger charge is 2.39. The Morgan fingerprint density at radius 1 is 1.44 bits per heavy atom. The number of H-pyrrole nitrogens is 1. The number of hydrogen-bond acceptors (Lipinski definition) is 3. The highest BCUT2D eigenvalue weighted by Crippen LogP contribution is 2.44. The van der Waals surface area contributed by atoms with Crippen LogP contribution in [0.15, 0.2) is 24.4 Å². The van der Waals surface area contributed by atoms with Gasteiger partial charge in [0, 0.05) is 41.5 Å². The fraction of sp³-hybridized carbons (Fsp3) is 0.571. The van der Waals surface area contributed by atoms with Crippen molar-refractivity contribution in [2.45, 2.75) is 45.1 Å². The summed E-state index contributed by atoms with van der Waals surface area (Å²) in [5, 5.41) is 1.43. The number of aromatic nitrogens is 1. The summed E-state index contributed by atoms with van der Waals surface area (Å²) in [6.45, 7) is 5.53. The minimum atomic E-state index is -0.0501. The Morgan fingerprint density at radius 3 is 3.08 bits per heavy atom. The second-order valence-electron chi connectivity index (χ2n) is 7.94. The molecule has 1 N–H and O–H groups in total. The molecule has 0 saturated carbocycles. The number of nitrogens with one attached hydrogen (secondary N) is 1. The van der Waals surface area contributed by atoms with Crippen molar-refractivity contribution in [1.29, 1.82) is 0 Å². The standard InChI is InChI=1S/C21H28N2O2/c1-4-13(2)21(24)25-12-14-8-17-16-6-5-7-18-20(16)15(10-22-18)9-19(17)23(3)11-14/h5-7,10,13-14,17,19,22H,4,8-9,11-12H2,1-3H3/t13-,14-,17-,19-/m1/s1. The number of esters is 1. The van der Waals surface area contributed by atoms with Crippen molar-refractivity contribution in [3.05, 3.63) is 35.5 Å². The van der Waals surface area contributed by atoms with Crippen molar-refractivity contribution in [3.63, 3.8) is 0 Å². The van der Waals surface area contributed by atoms with Crippen LogP contribution in [-0.4, -0.2) is 42.1 Å². The first-order valence-corrected chi connectivity index (χ1v) is 9.54. The molecule has 1 aliphatic carbocycles. The molecule has 4 nitrogen and oxygen atoms in total. The zero-order valence-corrected chi connectivity index (χ0v) is 15.4. The number of benzene rings is 1. The lowest BCUT2D eigenvalue weighted by atomic mass is 9.72. The number of ether oxygens (including phenoxy) is 1. The maximum Gasteiger partial charge on any atom is 0.308 e. The molecule has 0 unspecified atom stereocenters. The van der Waals surface area contributed by atoms with E-state index in [2.05, 4.69) is 41.3 Å². The van der Waals surface area contributed by atoms with Crippen LogP contribution >= 0.6 is 0 Å². The maximum atomic E-state index is 12.0. The van der Waals surface area contributed by atoms with Crippen LogP contribution in [0, 0.1) is 11.8 Å².